The van der Waals surface area contributed by atoms with Crippen LogP contribution in [0.1, 0.15) is 5.56 Å². The van der Waals surface area contributed by atoms with Crippen LogP contribution in [0.3, 0.4) is 0 Å². The fourth-order valence-corrected chi connectivity index (χ4v) is 3.41. The van der Waals surface area contributed by atoms with Crippen LogP contribution in [0.25, 0.3) is 6.08 Å². The highest BCUT2D eigenvalue weighted by Crippen LogP contribution is 2.18. The van der Waals surface area contributed by atoms with Crippen molar-refractivity contribution >= 4 is 40.9 Å². The molecule has 7 heteroatoms. The van der Waals surface area contributed by atoms with Crippen molar-refractivity contribution in [2.75, 3.05) is 41.3 Å². The van der Waals surface area contributed by atoms with Crippen LogP contribution in [-0.4, -0.2) is 42.1 Å². The van der Waals surface area contributed by atoms with E-state index >= 15 is 0 Å². The number of nitrogens with zero attached hydrogens (tertiary/aromatic N) is 4. The molecule has 3 aromatic rings. The fraction of sp³-hybridized carbons (Fsp3) is 0.174. The number of aromatic nitrogens is 2. The van der Waals surface area contributed by atoms with E-state index in [0.29, 0.717) is 16.7 Å². The molecule has 0 radical (unpaired) electrons. The Kier molecular flexibility index (Phi) is 6.25. The van der Waals surface area contributed by atoms with Gasteiger partial charge in [-0.05, 0) is 35.9 Å². The summed E-state index contributed by atoms with van der Waals surface area (Å²) in [5, 5.41) is 3.44. The molecule has 0 saturated carbocycles. The third-order valence-electron chi connectivity index (χ3n) is 4.89. The summed E-state index contributed by atoms with van der Waals surface area (Å²) in [5.41, 5.74) is 2.70. The number of anilines is 3. The first-order valence-electron chi connectivity index (χ1n) is 9.79. The van der Waals surface area contributed by atoms with E-state index in [1.165, 1.54) is 11.8 Å². The molecule has 30 heavy (non-hydrogen) atoms. The maximum Gasteiger partial charge on any atom is 0.248 e. The Morgan fingerprint density at radius 1 is 0.900 bits per heavy atom. The van der Waals surface area contributed by atoms with Crippen LogP contribution in [0.4, 0.5) is 17.3 Å². The molecule has 1 saturated heterocycles. The van der Waals surface area contributed by atoms with Crippen molar-refractivity contribution in [2.24, 2.45) is 0 Å². The highest BCUT2D eigenvalue weighted by atomic mass is 35.5. The van der Waals surface area contributed by atoms with E-state index in [9.17, 15) is 4.79 Å². The lowest BCUT2D eigenvalue weighted by Gasteiger charge is -2.36. The third kappa shape index (κ3) is 5.15. The molecule has 0 unspecified atom stereocenters. The van der Waals surface area contributed by atoms with E-state index in [-0.39, 0.29) is 5.91 Å². The van der Waals surface area contributed by atoms with Crippen LogP contribution in [0.15, 0.2) is 73.1 Å². The van der Waals surface area contributed by atoms with Crippen LogP contribution < -0.4 is 15.1 Å². The minimum absolute atomic E-state index is 0.238. The van der Waals surface area contributed by atoms with Crippen molar-refractivity contribution in [3.63, 3.8) is 0 Å². The third-order valence-corrected chi connectivity index (χ3v) is 5.14. The second kappa shape index (κ2) is 9.41. The lowest BCUT2D eigenvalue weighted by atomic mass is 10.2. The number of piperazine rings is 1. The molecule has 2 aromatic carbocycles. The van der Waals surface area contributed by atoms with E-state index in [0.717, 1.165) is 31.7 Å². The monoisotopic (exact) mass is 419 g/mol. The van der Waals surface area contributed by atoms with E-state index in [1.54, 1.807) is 30.6 Å². The summed E-state index contributed by atoms with van der Waals surface area (Å²) in [7, 11) is 0. The Hall–Kier alpha value is -3.38. The molecular formula is C23H22ClN5O. The highest BCUT2D eigenvalue weighted by Gasteiger charge is 2.19. The molecule has 2 heterocycles. The van der Waals surface area contributed by atoms with E-state index in [1.807, 2.05) is 18.2 Å². The lowest BCUT2D eigenvalue weighted by Crippen LogP contribution is -2.47. The number of nitrogens with one attached hydrogen (secondary N) is 1. The number of amides is 1. The van der Waals surface area contributed by atoms with Gasteiger partial charge in [0.1, 0.15) is 0 Å². The zero-order valence-electron chi connectivity index (χ0n) is 16.4. The second-order valence-corrected chi connectivity index (χ2v) is 7.39. The minimum atomic E-state index is -0.238. The number of benzene rings is 2. The van der Waals surface area contributed by atoms with E-state index in [4.69, 9.17) is 11.6 Å². The predicted molar refractivity (Wildman–Crippen MR) is 122 cm³/mol. The highest BCUT2D eigenvalue weighted by molar-refractivity contribution is 6.30. The summed E-state index contributed by atoms with van der Waals surface area (Å²) < 4.78 is 0. The molecule has 1 amide bonds. The minimum Gasteiger partial charge on any atom is -0.368 e. The molecule has 1 aromatic heterocycles. The van der Waals surface area contributed by atoms with Crippen molar-refractivity contribution < 1.29 is 4.79 Å². The molecule has 1 aliphatic heterocycles. The zero-order chi connectivity index (χ0) is 20.8. The number of carbonyl (C=O) groups excluding carboxylic acids is 1. The second-order valence-electron chi connectivity index (χ2n) is 6.96. The van der Waals surface area contributed by atoms with Crippen molar-refractivity contribution in [1.82, 2.24) is 9.97 Å². The van der Waals surface area contributed by atoms with Crippen LogP contribution in [0, 0.1) is 0 Å². The van der Waals surface area contributed by atoms with Gasteiger partial charge in [-0.1, -0.05) is 41.9 Å². The topological polar surface area (TPSA) is 61.4 Å². The molecule has 4 rings (SSSR count). The number of hydrogen-bond acceptors (Lipinski definition) is 5. The van der Waals surface area contributed by atoms with E-state index in [2.05, 4.69) is 49.4 Å². The van der Waals surface area contributed by atoms with Crippen LogP contribution >= 0.6 is 11.6 Å². The molecule has 0 bridgehead atoms. The molecular weight excluding hydrogens is 398 g/mol. The number of halogens is 1. The fourth-order valence-electron chi connectivity index (χ4n) is 3.28. The van der Waals surface area contributed by atoms with Crippen molar-refractivity contribution in [2.45, 2.75) is 0 Å². The van der Waals surface area contributed by atoms with Crippen LogP contribution in [0.5, 0.6) is 0 Å². The van der Waals surface area contributed by atoms with Gasteiger partial charge in [-0.15, -0.1) is 0 Å². The summed E-state index contributed by atoms with van der Waals surface area (Å²) in [4.78, 5) is 25.5. The Morgan fingerprint density at radius 2 is 1.53 bits per heavy atom. The Labute approximate surface area is 180 Å². The van der Waals surface area contributed by atoms with Crippen molar-refractivity contribution in [3.8, 4) is 0 Å². The maximum atomic E-state index is 12.1. The predicted octanol–water partition coefficient (Wildman–Crippen LogP) is 4.11. The van der Waals surface area contributed by atoms with Crippen molar-refractivity contribution in [1.29, 1.82) is 0 Å². The SMILES string of the molecule is O=C(/C=C/c1ccc(Cl)cc1)Nc1cnc(N2CCN(c3ccccc3)CC2)nc1. The summed E-state index contributed by atoms with van der Waals surface area (Å²) in [5.74, 6) is 0.440. The summed E-state index contributed by atoms with van der Waals surface area (Å²) in [6.07, 6.45) is 6.48. The largest absolute Gasteiger partial charge is 0.368 e. The standard InChI is InChI=1S/C23H22ClN5O/c24-19-9-6-18(7-10-19)8-11-22(30)27-20-16-25-23(26-17-20)29-14-12-28(13-15-29)21-4-2-1-3-5-21/h1-11,16-17H,12-15H2,(H,27,30)/b11-8+. The molecule has 6 nitrogen and oxygen atoms in total. The molecule has 152 valence electrons. The number of hydrogen-bond donors (Lipinski definition) is 1. The quantitative estimate of drug-likeness (QED) is 0.630. The smallest absolute Gasteiger partial charge is 0.248 e. The zero-order valence-corrected chi connectivity index (χ0v) is 17.2. The van der Waals surface area contributed by atoms with Crippen molar-refractivity contribution in [3.05, 3.63) is 83.7 Å². The Morgan fingerprint density at radius 3 is 2.20 bits per heavy atom. The molecule has 1 aliphatic rings. The summed E-state index contributed by atoms with van der Waals surface area (Å²) in [6, 6.07) is 17.7. The van der Waals surface area contributed by atoms with E-state index < -0.39 is 0 Å². The first-order valence-corrected chi connectivity index (χ1v) is 10.2. The van der Waals surface area contributed by atoms with Gasteiger partial charge in [0.25, 0.3) is 0 Å². The summed E-state index contributed by atoms with van der Waals surface area (Å²) in [6.45, 7) is 3.54. The van der Waals surface area contributed by atoms with Crippen LogP contribution in [-0.2, 0) is 4.79 Å². The van der Waals surface area contributed by atoms with Crippen LogP contribution in [0.2, 0.25) is 5.02 Å². The van der Waals surface area contributed by atoms with Gasteiger partial charge in [-0.25, -0.2) is 9.97 Å². The average Bonchev–Trinajstić information content (AvgIpc) is 2.80. The van der Waals surface area contributed by atoms with Gasteiger partial charge in [0.15, 0.2) is 0 Å². The van der Waals surface area contributed by atoms with Gasteiger partial charge in [0, 0.05) is 43.0 Å². The maximum absolute atomic E-state index is 12.1. The van der Waals surface area contributed by atoms with Gasteiger partial charge in [-0.3, -0.25) is 4.79 Å². The molecule has 0 spiro atoms. The first-order chi connectivity index (χ1) is 14.7. The molecule has 1 fully saturated rings. The van der Waals surface area contributed by atoms with Gasteiger partial charge >= 0.3 is 0 Å². The normalized spacial score (nSPS) is 14.2. The number of carbonyl (C=O) groups is 1. The average molecular weight is 420 g/mol. The van der Waals surface area contributed by atoms with Gasteiger partial charge in [0.05, 0.1) is 18.1 Å². The lowest BCUT2D eigenvalue weighted by molar-refractivity contribution is -0.111. The van der Waals surface area contributed by atoms with Gasteiger partial charge < -0.3 is 15.1 Å². The molecule has 0 atom stereocenters. The summed E-state index contributed by atoms with van der Waals surface area (Å²) >= 11 is 5.86. The molecule has 1 N–H and O–H groups in total. The van der Waals surface area contributed by atoms with Gasteiger partial charge in [0.2, 0.25) is 11.9 Å². The number of rotatable bonds is 5. The van der Waals surface area contributed by atoms with Gasteiger partial charge in [-0.2, -0.15) is 0 Å². The Balaban J connectivity index is 1.30. The number of para-hydroxylation sites is 1. The Bertz CT molecular complexity index is 998. The first kappa shape index (κ1) is 19.9. The molecule has 0 aliphatic carbocycles.